The molecule has 2 saturated heterocycles. The van der Waals surface area contributed by atoms with E-state index in [0.29, 0.717) is 37.9 Å². The SMILES string of the molecule is Cn1cnc(C(=O)NCCN(C2CCOCC2)C2CCCN(S(C)(=O)=O)C2)c1. The van der Waals surface area contributed by atoms with Crippen molar-refractivity contribution in [3.63, 3.8) is 0 Å². The van der Waals surface area contributed by atoms with E-state index in [2.05, 4.69) is 15.2 Å². The van der Waals surface area contributed by atoms with E-state index in [9.17, 15) is 13.2 Å². The predicted molar refractivity (Wildman–Crippen MR) is 106 cm³/mol. The Hall–Kier alpha value is -1.49. The Labute approximate surface area is 167 Å². The first-order valence-corrected chi connectivity index (χ1v) is 11.7. The Morgan fingerprint density at radius 1 is 1.32 bits per heavy atom. The fourth-order valence-electron chi connectivity index (χ4n) is 4.09. The second-order valence-electron chi connectivity index (χ2n) is 7.68. The highest BCUT2D eigenvalue weighted by Gasteiger charge is 2.33. The third-order valence-corrected chi connectivity index (χ3v) is 6.82. The van der Waals surface area contributed by atoms with Crippen LogP contribution in [0.1, 0.15) is 36.2 Å². The predicted octanol–water partition coefficient (Wildman–Crippen LogP) is 0.0549. The lowest BCUT2D eigenvalue weighted by atomic mass is 9.99. The standard InChI is InChI=1S/C18H31N5O4S/c1-21-13-17(20-14-21)18(24)19-7-9-23(15-5-10-27-11-6-15)16-4-3-8-22(12-16)28(2,25)26/h13-16H,3-12H2,1-2H3,(H,19,24). The van der Waals surface area contributed by atoms with Crippen molar-refractivity contribution in [1.29, 1.82) is 0 Å². The first-order chi connectivity index (χ1) is 13.3. The number of amides is 1. The second-order valence-corrected chi connectivity index (χ2v) is 9.66. The number of carbonyl (C=O) groups is 1. The quantitative estimate of drug-likeness (QED) is 0.679. The van der Waals surface area contributed by atoms with E-state index >= 15 is 0 Å². The van der Waals surface area contributed by atoms with Gasteiger partial charge in [-0.05, 0) is 25.7 Å². The Bertz CT molecular complexity index is 760. The first kappa shape index (κ1) is 21.2. The molecule has 1 unspecified atom stereocenters. The molecule has 1 amide bonds. The molecule has 28 heavy (non-hydrogen) atoms. The number of aryl methyl sites for hydroxylation is 1. The van der Waals surface area contributed by atoms with Gasteiger partial charge in [0.05, 0.1) is 12.6 Å². The van der Waals surface area contributed by atoms with Crippen LogP contribution in [-0.2, 0) is 21.8 Å². The van der Waals surface area contributed by atoms with E-state index in [4.69, 9.17) is 4.74 Å². The van der Waals surface area contributed by atoms with Crippen LogP contribution in [0.5, 0.6) is 0 Å². The van der Waals surface area contributed by atoms with Crippen molar-refractivity contribution in [2.75, 3.05) is 45.6 Å². The van der Waals surface area contributed by atoms with Crippen molar-refractivity contribution in [2.24, 2.45) is 7.05 Å². The Morgan fingerprint density at radius 2 is 2.07 bits per heavy atom. The number of ether oxygens (including phenoxy) is 1. The van der Waals surface area contributed by atoms with Crippen LogP contribution >= 0.6 is 0 Å². The number of hydrogen-bond acceptors (Lipinski definition) is 6. The fraction of sp³-hybridized carbons (Fsp3) is 0.778. The van der Waals surface area contributed by atoms with Crippen LogP contribution in [0.25, 0.3) is 0 Å². The van der Waals surface area contributed by atoms with Crippen LogP contribution < -0.4 is 5.32 Å². The molecule has 0 radical (unpaired) electrons. The van der Waals surface area contributed by atoms with Crippen molar-refractivity contribution in [1.82, 2.24) is 24.1 Å². The van der Waals surface area contributed by atoms with E-state index in [-0.39, 0.29) is 11.9 Å². The van der Waals surface area contributed by atoms with Crippen LogP contribution in [-0.4, -0.2) is 90.8 Å². The summed E-state index contributed by atoms with van der Waals surface area (Å²) in [4.78, 5) is 18.7. The maximum Gasteiger partial charge on any atom is 0.271 e. The first-order valence-electron chi connectivity index (χ1n) is 9.89. The maximum atomic E-state index is 12.3. The molecule has 9 nitrogen and oxygen atoms in total. The van der Waals surface area contributed by atoms with Gasteiger partial charge in [0.25, 0.3) is 5.91 Å². The minimum Gasteiger partial charge on any atom is -0.381 e. The number of sulfonamides is 1. The van der Waals surface area contributed by atoms with Gasteiger partial charge in [-0.1, -0.05) is 0 Å². The number of imidazole rings is 1. The highest BCUT2D eigenvalue weighted by Crippen LogP contribution is 2.24. The lowest BCUT2D eigenvalue weighted by molar-refractivity contribution is 0.00672. The Kier molecular flexibility index (Phi) is 7.08. The summed E-state index contributed by atoms with van der Waals surface area (Å²) in [5.74, 6) is -0.186. The van der Waals surface area contributed by atoms with E-state index < -0.39 is 10.0 Å². The average molecular weight is 414 g/mol. The summed E-state index contributed by atoms with van der Waals surface area (Å²) in [7, 11) is -1.36. The maximum absolute atomic E-state index is 12.3. The van der Waals surface area contributed by atoms with Gasteiger partial charge in [-0.25, -0.2) is 17.7 Å². The van der Waals surface area contributed by atoms with Crippen LogP contribution in [0.15, 0.2) is 12.5 Å². The molecule has 158 valence electrons. The van der Waals surface area contributed by atoms with Gasteiger partial charge in [-0.2, -0.15) is 0 Å². The van der Waals surface area contributed by atoms with Crippen LogP contribution in [0, 0.1) is 0 Å². The summed E-state index contributed by atoms with van der Waals surface area (Å²) in [6.45, 7) is 3.75. The molecule has 0 saturated carbocycles. The van der Waals surface area contributed by atoms with Crippen molar-refractivity contribution in [3.05, 3.63) is 18.2 Å². The number of nitrogens with zero attached hydrogens (tertiary/aromatic N) is 4. The minimum atomic E-state index is -3.19. The Balaban J connectivity index is 1.62. The molecule has 3 rings (SSSR count). The van der Waals surface area contributed by atoms with Gasteiger partial charge in [0.1, 0.15) is 5.69 Å². The zero-order chi connectivity index (χ0) is 20.1. The number of piperidine rings is 1. The van der Waals surface area contributed by atoms with Crippen molar-refractivity contribution in [3.8, 4) is 0 Å². The zero-order valence-electron chi connectivity index (χ0n) is 16.7. The van der Waals surface area contributed by atoms with Crippen molar-refractivity contribution < 1.29 is 17.9 Å². The van der Waals surface area contributed by atoms with E-state index in [0.717, 1.165) is 38.9 Å². The van der Waals surface area contributed by atoms with Gasteiger partial charge < -0.3 is 14.6 Å². The molecule has 0 aliphatic carbocycles. The highest BCUT2D eigenvalue weighted by atomic mass is 32.2. The van der Waals surface area contributed by atoms with Gasteiger partial charge in [0, 0.05) is 64.7 Å². The third-order valence-electron chi connectivity index (χ3n) is 5.55. The van der Waals surface area contributed by atoms with Gasteiger partial charge in [0.2, 0.25) is 10.0 Å². The van der Waals surface area contributed by atoms with Crippen molar-refractivity contribution >= 4 is 15.9 Å². The summed E-state index contributed by atoms with van der Waals surface area (Å²) in [6, 6.07) is 0.517. The van der Waals surface area contributed by atoms with E-state index in [1.807, 2.05) is 7.05 Å². The van der Waals surface area contributed by atoms with Crippen molar-refractivity contribution in [2.45, 2.75) is 37.8 Å². The highest BCUT2D eigenvalue weighted by molar-refractivity contribution is 7.88. The number of hydrogen-bond donors (Lipinski definition) is 1. The van der Waals surface area contributed by atoms with Crippen LogP contribution in [0.2, 0.25) is 0 Å². The summed E-state index contributed by atoms with van der Waals surface area (Å²) in [5, 5.41) is 2.94. The van der Waals surface area contributed by atoms with Crippen LogP contribution in [0.3, 0.4) is 0 Å². The van der Waals surface area contributed by atoms with E-state index in [1.165, 1.54) is 6.26 Å². The van der Waals surface area contributed by atoms with Crippen LogP contribution in [0.4, 0.5) is 0 Å². The number of aromatic nitrogens is 2. The monoisotopic (exact) mass is 413 g/mol. The summed E-state index contributed by atoms with van der Waals surface area (Å²) in [5.41, 5.74) is 0.404. The molecule has 2 fully saturated rings. The van der Waals surface area contributed by atoms with Gasteiger partial charge in [0.15, 0.2) is 0 Å². The molecular formula is C18H31N5O4S. The number of rotatable bonds is 7. The summed E-state index contributed by atoms with van der Waals surface area (Å²) in [6.07, 6.45) is 8.27. The third kappa shape index (κ3) is 5.53. The molecule has 1 aromatic heterocycles. The number of carbonyl (C=O) groups excluding carboxylic acids is 1. The molecule has 1 atom stereocenters. The molecule has 2 aliphatic rings. The topological polar surface area (TPSA) is 96.8 Å². The fourth-order valence-corrected chi connectivity index (χ4v) is 5.00. The molecule has 2 aliphatic heterocycles. The normalized spacial score (nSPS) is 22.5. The van der Waals surface area contributed by atoms with E-state index in [1.54, 1.807) is 21.4 Å². The molecule has 0 spiro atoms. The summed E-state index contributed by atoms with van der Waals surface area (Å²) < 4.78 is 32.9. The minimum absolute atomic E-state index is 0.165. The molecule has 0 aromatic carbocycles. The largest absolute Gasteiger partial charge is 0.381 e. The average Bonchev–Trinajstić information content (AvgIpc) is 3.12. The molecule has 3 heterocycles. The smallest absolute Gasteiger partial charge is 0.271 e. The van der Waals surface area contributed by atoms with Gasteiger partial charge >= 0.3 is 0 Å². The lowest BCUT2D eigenvalue weighted by Crippen LogP contribution is -2.55. The molecule has 0 bridgehead atoms. The summed E-state index contributed by atoms with van der Waals surface area (Å²) >= 11 is 0. The molecule has 1 N–H and O–H groups in total. The van der Waals surface area contributed by atoms with Gasteiger partial charge in [-0.15, -0.1) is 0 Å². The second kappa shape index (κ2) is 9.34. The zero-order valence-corrected chi connectivity index (χ0v) is 17.5. The molecule has 1 aromatic rings. The molecular weight excluding hydrogens is 382 g/mol. The lowest BCUT2D eigenvalue weighted by Gasteiger charge is -2.43. The van der Waals surface area contributed by atoms with Gasteiger partial charge in [-0.3, -0.25) is 9.69 Å². The Morgan fingerprint density at radius 3 is 2.71 bits per heavy atom. The molecule has 10 heteroatoms. The number of nitrogens with one attached hydrogen (secondary N) is 1.